The zero-order valence-corrected chi connectivity index (χ0v) is 48.7. The van der Waals surface area contributed by atoms with Crippen LogP contribution < -0.4 is 15.4 Å². The van der Waals surface area contributed by atoms with E-state index in [0.29, 0.717) is 46.3 Å². The number of likely N-dealkylation sites (tertiary alicyclic amines) is 1. The van der Waals surface area contributed by atoms with Crippen LogP contribution in [0.4, 0.5) is 4.79 Å². The number of ether oxygens (including phenoxy) is 5. The van der Waals surface area contributed by atoms with E-state index in [9.17, 15) is 54.0 Å². The number of azide groups is 1. The Balaban J connectivity index is 1.28. The number of carboxylic acids is 2. The highest BCUT2D eigenvalue weighted by Gasteiger charge is 2.45. The summed E-state index contributed by atoms with van der Waals surface area (Å²) < 4.78 is 29.7. The number of amides is 5. The number of aliphatic hydroxyl groups excluding tert-OH is 2. The number of rotatable bonds is 28. The molecule has 5 amide bonds. The van der Waals surface area contributed by atoms with E-state index in [2.05, 4.69) is 20.7 Å². The maximum absolute atomic E-state index is 14.8. The van der Waals surface area contributed by atoms with E-state index >= 15 is 0 Å². The van der Waals surface area contributed by atoms with E-state index in [1.165, 1.54) is 43.6 Å². The molecule has 2 aromatic carbocycles. The van der Waals surface area contributed by atoms with Crippen LogP contribution in [0.3, 0.4) is 0 Å². The molecule has 6 N–H and O–H groups in total. The van der Waals surface area contributed by atoms with Crippen LogP contribution in [0.25, 0.3) is 20.5 Å². The first-order valence-corrected chi connectivity index (χ1v) is 28.1. The van der Waals surface area contributed by atoms with Crippen LogP contribution in [0, 0.1) is 23.7 Å². The summed E-state index contributed by atoms with van der Waals surface area (Å²) in [4.78, 5) is 103. The number of thiophene rings is 1. The molecular weight excluding hydrogens is 1070 g/mol. The van der Waals surface area contributed by atoms with Crippen molar-refractivity contribution in [1.29, 1.82) is 0 Å². The van der Waals surface area contributed by atoms with Gasteiger partial charge >= 0.3 is 18.0 Å². The van der Waals surface area contributed by atoms with Crippen molar-refractivity contribution in [2.45, 2.75) is 167 Å². The Kier molecular flexibility index (Phi) is 24.1. The van der Waals surface area contributed by atoms with Crippen LogP contribution in [0.1, 0.15) is 96.6 Å². The van der Waals surface area contributed by atoms with Gasteiger partial charge in [-0.2, -0.15) is 0 Å². The Morgan fingerprint density at radius 3 is 2.21 bits per heavy atom. The number of aliphatic hydroxyl groups is 2. The number of fused-ring (bicyclic) bond motifs is 1. The van der Waals surface area contributed by atoms with Crippen molar-refractivity contribution in [2.75, 3.05) is 34.9 Å². The molecule has 1 aromatic heterocycles. The Hall–Kier alpha value is -6.60. The number of benzene rings is 2. The molecule has 0 bridgehead atoms. The smallest absolute Gasteiger partial charge is 0.410 e. The van der Waals surface area contributed by atoms with E-state index in [-0.39, 0.29) is 50.0 Å². The molecule has 3 aromatic rings. The van der Waals surface area contributed by atoms with Gasteiger partial charge < -0.3 is 64.5 Å². The molecule has 0 saturated carbocycles. The van der Waals surface area contributed by atoms with Crippen molar-refractivity contribution in [3.8, 4) is 5.75 Å². The minimum absolute atomic E-state index is 0.0407. The summed E-state index contributed by atoms with van der Waals surface area (Å²) >= 11 is 1.21. The van der Waals surface area contributed by atoms with Gasteiger partial charge in [-0.15, -0.1) is 11.3 Å². The first-order chi connectivity index (χ1) is 38.4. The molecule has 2 unspecified atom stereocenters. The second-order valence-electron chi connectivity index (χ2n) is 21.6. The predicted octanol–water partition coefficient (Wildman–Crippen LogP) is 5.48. The van der Waals surface area contributed by atoms with Gasteiger partial charge in [0.1, 0.15) is 36.6 Å². The zero-order chi connectivity index (χ0) is 60.0. The van der Waals surface area contributed by atoms with Crippen molar-refractivity contribution in [3.63, 3.8) is 0 Å². The summed E-state index contributed by atoms with van der Waals surface area (Å²) in [6.07, 6.45) is -7.16. The maximum atomic E-state index is 14.8. The first-order valence-electron chi connectivity index (χ1n) is 27.2. The van der Waals surface area contributed by atoms with E-state index in [0.717, 1.165) is 10.5 Å². The summed E-state index contributed by atoms with van der Waals surface area (Å²) in [5, 5.41) is 50.2. The van der Waals surface area contributed by atoms with Crippen LogP contribution in [0.15, 0.2) is 53.6 Å². The summed E-state index contributed by atoms with van der Waals surface area (Å²) in [6, 6.07) is 9.11. The Bertz CT molecular complexity index is 2710. The van der Waals surface area contributed by atoms with E-state index in [1.54, 1.807) is 83.0 Å². The number of carboxylic acid groups (broad SMARTS) is 2. The quantitative estimate of drug-likeness (QED) is 0.0298. The lowest BCUT2D eigenvalue weighted by molar-refractivity contribution is -0.237. The molecule has 2 aliphatic rings. The normalized spacial score (nSPS) is 21.1. The van der Waals surface area contributed by atoms with E-state index in [1.807, 2.05) is 19.9 Å². The zero-order valence-electron chi connectivity index (χ0n) is 47.9. The lowest BCUT2D eigenvalue weighted by Gasteiger charge is -2.41. The Morgan fingerprint density at radius 2 is 1.62 bits per heavy atom. The van der Waals surface area contributed by atoms with E-state index in [4.69, 9.17) is 29.2 Å². The molecule has 0 aliphatic carbocycles. The van der Waals surface area contributed by atoms with Gasteiger partial charge in [-0.05, 0) is 53.8 Å². The molecule has 0 spiro atoms. The van der Waals surface area contributed by atoms with Gasteiger partial charge in [-0.3, -0.25) is 24.1 Å². The highest BCUT2D eigenvalue weighted by molar-refractivity contribution is 7.19. The number of methoxy groups -OCH3 is 2. The Morgan fingerprint density at radius 1 is 0.926 bits per heavy atom. The van der Waals surface area contributed by atoms with Crippen LogP contribution in [-0.4, -0.2) is 179 Å². The van der Waals surface area contributed by atoms with Crippen molar-refractivity contribution in [2.24, 2.45) is 28.8 Å². The first kappa shape index (κ1) is 65.2. The van der Waals surface area contributed by atoms with Crippen molar-refractivity contribution in [3.05, 3.63) is 75.0 Å². The molecule has 3 heterocycles. The number of carbonyl (C=O) groups excluding carboxylic acids is 5. The Labute approximate surface area is 476 Å². The van der Waals surface area contributed by atoms with Gasteiger partial charge in [-0.1, -0.05) is 96.4 Å². The molecule has 2 aliphatic heterocycles. The fourth-order valence-corrected chi connectivity index (χ4v) is 11.8. The van der Waals surface area contributed by atoms with Crippen molar-refractivity contribution < 1.29 is 77.7 Å². The van der Waals surface area contributed by atoms with E-state index < -0.39 is 121 Å². The molecule has 24 nitrogen and oxygen atoms in total. The largest absolute Gasteiger partial charge is 0.480 e. The molecule has 13 atom stereocenters. The van der Waals surface area contributed by atoms with Gasteiger partial charge in [0.2, 0.25) is 29.9 Å². The molecule has 2 saturated heterocycles. The average molecular weight is 1150 g/mol. The lowest BCUT2D eigenvalue weighted by atomic mass is 9.89. The van der Waals surface area contributed by atoms with Crippen LogP contribution in [-0.2, 0) is 67.3 Å². The highest BCUT2D eigenvalue weighted by Crippen LogP contribution is 2.38. The molecule has 25 heteroatoms. The van der Waals surface area contributed by atoms with Crippen LogP contribution in [0.2, 0.25) is 0 Å². The summed E-state index contributed by atoms with van der Waals surface area (Å²) in [7, 11) is 5.94. The molecule has 446 valence electrons. The standard InChI is InChI=1S/C56H80N8O16S/c1-12-31(6)46(41(76-10)26-43(66)64-22-16-19-38(64)48(77-11)32(7)50(68)59-37(53(71)72)23-33-17-14-13-15-18-33)62(8)52(70)44(29(2)3)60-51(69)45(30(4)5)63(9)56(75)78-28-34-20-21-40(36-24-35(27-58-61-57)81-49(34)36)79-55-47(67)39(65)25-42(80-55)54(73)74/h13-15,17-18,20-21,24,29-32,37-39,41-42,44-48,55,65,67H,12,16,19,22-23,25-28H2,1-11H3,(H,59,68)(H,60,69)(H,71,72)(H,73,74)/t31?,32-,37?,38+,39+,41-,42+,44+,45+,46+,47-,48-,55-/m1/s1. The minimum Gasteiger partial charge on any atom is -0.480 e. The monoisotopic (exact) mass is 1150 g/mol. The van der Waals surface area contributed by atoms with Gasteiger partial charge in [0.05, 0.1) is 49.3 Å². The molecule has 0 radical (unpaired) electrons. The van der Waals surface area contributed by atoms with Crippen LogP contribution in [0.5, 0.6) is 5.75 Å². The molecular formula is C56H80N8O16S. The summed E-state index contributed by atoms with van der Waals surface area (Å²) in [6.45, 7) is 12.6. The molecule has 81 heavy (non-hydrogen) atoms. The van der Waals surface area contributed by atoms with Crippen LogP contribution >= 0.6 is 11.3 Å². The minimum atomic E-state index is -1.58. The fraction of sp³-hybridized carbons (Fsp3) is 0.625. The van der Waals surface area contributed by atoms with Gasteiger partial charge in [0.15, 0.2) is 6.10 Å². The number of hydrogen-bond acceptors (Lipinski definition) is 16. The number of carbonyl (C=O) groups is 7. The lowest BCUT2D eigenvalue weighted by Crippen LogP contribution is -2.60. The molecule has 2 fully saturated rings. The number of likely N-dealkylation sites (N-methyl/N-ethyl adjacent to an activating group) is 2. The number of aliphatic carboxylic acids is 2. The number of hydrogen-bond donors (Lipinski definition) is 6. The second-order valence-corrected chi connectivity index (χ2v) is 22.7. The summed E-state index contributed by atoms with van der Waals surface area (Å²) in [5.41, 5.74) is 10.2. The number of nitrogens with one attached hydrogen (secondary N) is 2. The fourth-order valence-electron chi connectivity index (χ4n) is 10.7. The SMILES string of the molecule is CCC(C)[C@@H]([C@@H](CC(=O)N1CCC[C@H]1[C@H](OC)[C@@H](C)C(=O)NC(Cc1ccccc1)C(=O)O)OC)N(C)C(=O)[C@@H](NC(=O)[C@H](C(C)C)N(C)C(=O)OCc1ccc(O[C@@H]2O[C@H](C(=O)O)C[C@H](O)[C@H]2O)c2cc(CN=[N+]=[N-])sc12)C(C)C. The second kappa shape index (κ2) is 29.9. The van der Waals surface area contributed by atoms with Gasteiger partial charge in [-0.25, -0.2) is 14.4 Å². The topological polar surface area (TPSA) is 329 Å². The molecule has 5 rings (SSSR count). The predicted molar refractivity (Wildman–Crippen MR) is 297 cm³/mol. The highest BCUT2D eigenvalue weighted by atomic mass is 32.1. The number of nitrogens with zero attached hydrogens (tertiary/aromatic N) is 6. The van der Waals surface area contributed by atoms with Crippen molar-refractivity contribution in [1.82, 2.24) is 25.3 Å². The van der Waals surface area contributed by atoms with Gasteiger partial charge in [0, 0.05) is 73.1 Å². The maximum Gasteiger partial charge on any atom is 0.410 e. The average Bonchev–Trinajstić information content (AvgIpc) is 4.24. The van der Waals surface area contributed by atoms with Gasteiger partial charge in [0.25, 0.3) is 0 Å². The third kappa shape index (κ3) is 16.3. The van der Waals surface area contributed by atoms with Crippen molar-refractivity contribution >= 4 is 63.1 Å². The summed E-state index contributed by atoms with van der Waals surface area (Å²) in [5.74, 6) is -6.26. The third-order valence-electron chi connectivity index (χ3n) is 15.4. The third-order valence-corrected chi connectivity index (χ3v) is 16.5.